The summed E-state index contributed by atoms with van der Waals surface area (Å²) in [5.41, 5.74) is 14.7. The Labute approximate surface area is 458 Å². The minimum atomic E-state index is -0.923. The molecule has 0 atom stereocenters. The topological polar surface area (TPSA) is 154 Å². The maximum Gasteiger partial charge on any atom is 0.212 e. The van der Waals surface area contributed by atoms with Gasteiger partial charge in [0, 0.05) is 32.0 Å². The third kappa shape index (κ3) is 6.72. The van der Waals surface area contributed by atoms with Gasteiger partial charge in [-0.25, -0.2) is 9.98 Å². The summed E-state index contributed by atoms with van der Waals surface area (Å²) in [5, 5.41) is 42.1. The van der Waals surface area contributed by atoms with Crippen LogP contribution in [0.15, 0.2) is 191 Å². The number of hydrogen-bond donors (Lipinski definition) is 0. The van der Waals surface area contributed by atoms with Crippen molar-refractivity contribution in [3.63, 3.8) is 0 Å². The molecule has 4 aliphatic rings. The van der Waals surface area contributed by atoms with Crippen LogP contribution in [0.25, 0.3) is 32.0 Å². The third-order valence-corrected chi connectivity index (χ3v) is 17.9. The number of benzene rings is 7. The average Bonchev–Trinajstić information content (AvgIpc) is 4.48. The molecule has 0 fully saturated rings. The molecule has 0 saturated carbocycles. The predicted octanol–water partition coefficient (Wildman–Crippen LogP) is 15.3. The number of carbonyl (C=O) groups excluding carboxylic acids is 2. The lowest BCUT2D eigenvalue weighted by Crippen LogP contribution is -2.30. The zero-order valence-corrected chi connectivity index (χ0v) is 44.1. The van der Waals surface area contributed by atoms with Crippen LogP contribution in [-0.2, 0) is 10.8 Å². The van der Waals surface area contributed by atoms with Gasteiger partial charge in [-0.05, 0) is 119 Å². The average molecular weight is 1040 g/mol. The van der Waals surface area contributed by atoms with E-state index in [1.54, 1.807) is 48.5 Å². The molecule has 366 valence electrons. The lowest BCUT2D eigenvalue weighted by molar-refractivity contribution is 0.106. The molecule has 9 aromatic rings. The van der Waals surface area contributed by atoms with Gasteiger partial charge in [0.25, 0.3) is 0 Å². The second-order valence-corrected chi connectivity index (χ2v) is 22.2. The molecule has 0 spiro atoms. The molecule has 8 nitrogen and oxygen atoms in total. The van der Waals surface area contributed by atoms with Gasteiger partial charge in [0.15, 0.2) is 0 Å². The molecular formula is C68H40N6O2S2. The van der Waals surface area contributed by atoms with Gasteiger partial charge in [-0.15, -0.1) is 22.7 Å². The van der Waals surface area contributed by atoms with Gasteiger partial charge in [0.1, 0.15) is 56.8 Å². The van der Waals surface area contributed by atoms with Crippen LogP contribution in [0.5, 0.6) is 0 Å². The standard InChI is InChI=1S/C68H40N6O2S2/c1-37-13-21-43(22-14-37)67(44-23-15-38(2)16-24-44)53-29-52-54(30-51(53)65-55(67)31-57(77-65)73-61-59(41(33-69)34-70)47-9-5-7-11-49(47)63(61)75)68(45-25-17-39(3)18-26-45,46-27-19-40(4)20-28-46)56-32-58(78-66(52)56)74-62-60(42(35-71)36-72)48-10-6-8-12-50(48)64(62)76/h5-32H,1-4H3/b73-61-,74-62-. The molecule has 0 unspecified atom stereocenters. The van der Waals surface area contributed by atoms with Crippen molar-refractivity contribution in [1.29, 1.82) is 21.0 Å². The summed E-state index contributed by atoms with van der Waals surface area (Å²) >= 11 is 2.96. The van der Waals surface area contributed by atoms with Crippen LogP contribution in [0.1, 0.15) is 98.6 Å². The van der Waals surface area contributed by atoms with Crippen molar-refractivity contribution in [2.45, 2.75) is 38.5 Å². The number of rotatable bonds is 6. The molecule has 13 rings (SSSR count). The molecule has 78 heavy (non-hydrogen) atoms. The first-order chi connectivity index (χ1) is 37.9. The van der Waals surface area contributed by atoms with E-state index in [1.165, 1.54) is 22.7 Å². The fourth-order valence-electron chi connectivity index (χ4n) is 12.3. The molecule has 7 aromatic carbocycles. The molecule has 2 aromatic heterocycles. The number of allylic oxidation sites excluding steroid dienone is 4. The minimum Gasteiger partial charge on any atom is -0.287 e. The van der Waals surface area contributed by atoms with E-state index in [1.807, 2.05) is 24.3 Å². The summed E-state index contributed by atoms with van der Waals surface area (Å²) < 4.78 is 0. The number of aliphatic imine (C=N–C) groups is 2. The van der Waals surface area contributed by atoms with E-state index < -0.39 is 10.8 Å². The van der Waals surface area contributed by atoms with Crippen LogP contribution in [0.4, 0.5) is 10.0 Å². The first-order valence-electron chi connectivity index (χ1n) is 25.3. The number of Topliss-reactive ketones (excluding diaryl/α,β-unsaturated/α-hetero) is 2. The molecule has 0 N–H and O–H groups in total. The van der Waals surface area contributed by atoms with Gasteiger partial charge in [0.2, 0.25) is 11.6 Å². The number of aryl methyl sites for hydroxylation is 4. The summed E-state index contributed by atoms with van der Waals surface area (Å²) in [5.74, 6) is -0.694. The number of carbonyl (C=O) groups is 2. The molecule has 10 heteroatoms. The molecule has 4 aliphatic carbocycles. The van der Waals surface area contributed by atoms with Crippen molar-refractivity contribution in [2.24, 2.45) is 9.98 Å². The molecule has 0 radical (unpaired) electrons. The lowest BCUT2D eigenvalue weighted by atomic mass is 9.66. The van der Waals surface area contributed by atoms with Gasteiger partial charge < -0.3 is 0 Å². The largest absolute Gasteiger partial charge is 0.287 e. The van der Waals surface area contributed by atoms with Crippen LogP contribution in [0.3, 0.4) is 0 Å². The van der Waals surface area contributed by atoms with Gasteiger partial charge in [-0.1, -0.05) is 168 Å². The smallest absolute Gasteiger partial charge is 0.212 e. The number of thiophene rings is 2. The summed E-state index contributed by atoms with van der Waals surface area (Å²) in [6.07, 6.45) is 0. The first kappa shape index (κ1) is 47.8. The lowest BCUT2D eigenvalue weighted by Gasteiger charge is -2.35. The van der Waals surface area contributed by atoms with Crippen LogP contribution in [-0.4, -0.2) is 23.0 Å². The normalized spacial score (nSPS) is 15.6. The van der Waals surface area contributed by atoms with E-state index in [9.17, 15) is 30.6 Å². The van der Waals surface area contributed by atoms with Crippen molar-refractivity contribution in [3.05, 3.63) is 270 Å². The zero-order chi connectivity index (χ0) is 53.8. The fourth-order valence-corrected chi connectivity index (χ4v) is 14.5. The maximum absolute atomic E-state index is 14.4. The van der Waals surface area contributed by atoms with Crippen LogP contribution >= 0.6 is 22.7 Å². The van der Waals surface area contributed by atoms with Crippen molar-refractivity contribution in [2.75, 3.05) is 0 Å². The van der Waals surface area contributed by atoms with Crippen LogP contribution in [0, 0.1) is 73.0 Å². The highest BCUT2D eigenvalue weighted by atomic mass is 32.1. The highest BCUT2D eigenvalue weighted by molar-refractivity contribution is 7.20. The van der Waals surface area contributed by atoms with Crippen LogP contribution in [0.2, 0.25) is 0 Å². The number of nitriles is 4. The number of nitrogens with zero attached hydrogens (tertiary/aromatic N) is 6. The quantitative estimate of drug-likeness (QED) is 0.151. The third-order valence-electron chi connectivity index (χ3n) is 15.8. The first-order valence-corrected chi connectivity index (χ1v) is 26.9. The van der Waals surface area contributed by atoms with Crippen LogP contribution < -0.4 is 0 Å². The molecule has 0 amide bonds. The molecular weight excluding hydrogens is 997 g/mol. The minimum absolute atomic E-state index is 0.0588. The van der Waals surface area contributed by atoms with Gasteiger partial charge >= 0.3 is 0 Å². The fraction of sp³-hybridized carbons (Fsp3) is 0.0882. The van der Waals surface area contributed by atoms with Gasteiger partial charge in [-0.3, -0.25) is 9.59 Å². The molecule has 0 saturated heterocycles. The Balaban J connectivity index is 1.14. The van der Waals surface area contributed by atoms with Gasteiger partial charge in [0.05, 0.1) is 10.8 Å². The van der Waals surface area contributed by atoms with Crippen molar-refractivity contribution in [1.82, 2.24) is 0 Å². The Kier molecular flexibility index (Phi) is 10.9. The monoisotopic (exact) mass is 1040 g/mol. The van der Waals surface area contributed by atoms with E-state index in [-0.39, 0.29) is 45.3 Å². The molecule has 0 bridgehead atoms. The zero-order valence-electron chi connectivity index (χ0n) is 42.5. The van der Waals surface area contributed by atoms with E-state index in [4.69, 9.17) is 9.98 Å². The van der Waals surface area contributed by atoms with Gasteiger partial charge in [-0.2, -0.15) is 21.0 Å². The second kappa shape index (κ2) is 17.8. The Bertz CT molecular complexity index is 4070. The molecule has 2 heterocycles. The molecule has 0 aliphatic heterocycles. The van der Waals surface area contributed by atoms with E-state index in [2.05, 4.69) is 149 Å². The second-order valence-electron chi connectivity index (χ2n) is 20.2. The Morgan fingerprint density at radius 3 is 0.974 bits per heavy atom. The van der Waals surface area contributed by atoms with Crippen molar-refractivity contribution < 1.29 is 9.59 Å². The highest BCUT2D eigenvalue weighted by Crippen LogP contribution is 2.66. The summed E-state index contributed by atoms with van der Waals surface area (Å²) in [4.78, 5) is 41.0. The number of hydrogen-bond acceptors (Lipinski definition) is 10. The van der Waals surface area contributed by atoms with E-state index in [0.717, 1.165) is 87.6 Å². The van der Waals surface area contributed by atoms with E-state index >= 15 is 0 Å². The highest BCUT2D eigenvalue weighted by Gasteiger charge is 2.53. The maximum atomic E-state index is 14.4. The van der Waals surface area contributed by atoms with Crippen molar-refractivity contribution >= 4 is 66.8 Å². The summed E-state index contributed by atoms with van der Waals surface area (Å²) in [6, 6.07) is 65.8. The number of ketones is 2. The predicted molar refractivity (Wildman–Crippen MR) is 308 cm³/mol. The Hall–Kier alpha value is -9.94. The number of fused-ring (bicyclic) bond motifs is 8. The SMILES string of the molecule is Cc1ccc(C2(c3ccc(C)cc3)c3cc4c(cc3-c3sc(/N=C5\C(=O)c6ccccc6C5=C(C#N)C#N)cc32)C(c2ccc(C)cc2)(c2ccc(C)cc2)c2cc(/N=C3\C(=O)c5ccccc5C3=C(C#N)C#N)sc2-4)cc1. The summed E-state index contributed by atoms with van der Waals surface area (Å²) in [6.45, 7) is 8.31. The van der Waals surface area contributed by atoms with Crippen molar-refractivity contribution in [3.8, 4) is 45.2 Å². The van der Waals surface area contributed by atoms with E-state index in [0.29, 0.717) is 32.3 Å². The Morgan fingerprint density at radius 2 is 0.679 bits per heavy atom. The summed E-state index contributed by atoms with van der Waals surface area (Å²) in [7, 11) is 0. The Morgan fingerprint density at radius 1 is 0.385 bits per heavy atom.